The highest BCUT2D eigenvalue weighted by Crippen LogP contribution is 2.31. The van der Waals surface area contributed by atoms with Gasteiger partial charge in [0.15, 0.2) is 20.8 Å². The van der Waals surface area contributed by atoms with Gasteiger partial charge >= 0.3 is 0 Å². The number of allylic oxidation sites excluding steroid dienone is 1. The molecule has 1 atom stereocenters. The number of hydrogen-bond acceptors (Lipinski definition) is 6. The minimum atomic E-state index is -3.03. The van der Waals surface area contributed by atoms with E-state index in [0.717, 1.165) is 17.1 Å². The predicted molar refractivity (Wildman–Crippen MR) is 127 cm³/mol. The predicted octanol–water partition coefficient (Wildman–Crippen LogP) is 3.75. The Morgan fingerprint density at radius 2 is 2.00 bits per heavy atom. The van der Waals surface area contributed by atoms with Crippen LogP contribution < -0.4 is 0 Å². The van der Waals surface area contributed by atoms with Crippen LogP contribution in [0.25, 0.3) is 5.69 Å². The van der Waals surface area contributed by atoms with Crippen molar-refractivity contribution in [2.45, 2.75) is 37.9 Å². The average molecular weight is 471 g/mol. The summed E-state index contributed by atoms with van der Waals surface area (Å²) in [7, 11) is -3.03. The average Bonchev–Trinajstić information content (AvgIpc) is 3.42. The summed E-state index contributed by atoms with van der Waals surface area (Å²) in [5, 5.41) is 9.14. The van der Waals surface area contributed by atoms with Gasteiger partial charge in [0.2, 0.25) is 0 Å². The molecule has 0 bridgehead atoms. The number of hydrogen-bond donors (Lipinski definition) is 0. The van der Waals surface area contributed by atoms with Crippen molar-refractivity contribution in [2.75, 3.05) is 17.3 Å². The fourth-order valence-corrected chi connectivity index (χ4v) is 6.81. The number of para-hydroxylation sites is 1. The van der Waals surface area contributed by atoms with Crippen LogP contribution in [0.3, 0.4) is 0 Å². The molecule has 0 unspecified atom stereocenters. The van der Waals surface area contributed by atoms with Gasteiger partial charge in [0, 0.05) is 35.1 Å². The number of thioether (sulfide) groups is 1. The van der Waals surface area contributed by atoms with Gasteiger partial charge in [-0.1, -0.05) is 36.0 Å². The molecule has 0 spiro atoms. The fraction of sp³-hybridized carbons (Fsp3) is 0.348. The summed E-state index contributed by atoms with van der Waals surface area (Å²) >= 11 is 1.32. The van der Waals surface area contributed by atoms with E-state index < -0.39 is 9.84 Å². The highest BCUT2D eigenvalue weighted by molar-refractivity contribution is 7.99. The number of carbonyl (C=O) groups is 1. The molecule has 3 heterocycles. The fourth-order valence-electron chi connectivity index (χ4n) is 4.24. The van der Waals surface area contributed by atoms with Crippen LogP contribution in [0.2, 0.25) is 0 Å². The van der Waals surface area contributed by atoms with Crippen LogP contribution >= 0.6 is 11.8 Å². The van der Waals surface area contributed by atoms with E-state index in [0.29, 0.717) is 29.5 Å². The van der Waals surface area contributed by atoms with Crippen molar-refractivity contribution in [1.82, 2.24) is 19.3 Å². The van der Waals surface area contributed by atoms with Crippen LogP contribution in [0.4, 0.5) is 0 Å². The van der Waals surface area contributed by atoms with Crippen molar-refractivity contribution in [3.8, 4) is 5.69 Å². The molecule has 1 fully saturated rings. The molecule has 9 heteroatoms. The Kier molecular flexibility index (Phi) is 6.39. The smallest absolute Gasteiger partial charge is 0.191 e. The van der Waals surface area contributed by atoms with E-state index in [4.69, 9.17) is 0 Å². The van der Waals surface area contributed by atoms with E-state index in [1.54, 1.807) is 6.08 Å². The summed E-state index contributed by atoms with van der Waals surface area (Å²) in [6.45, 7) is 8.21. The van der Waals surface area contributed by atoms with Gasteiger partial charge in [-0.15, -0.1) is 16.8 Å². The molecule has 2 aromatic heterocycles. The van der Waals surface area contributed by atoms with Gasteiger partial charge in [-0.05, 0) is 38.5 Å². The lowest BCUT2D eigenvalue weighted by Crippen LogP contribution is -2.12. The second kappa shape index (κ2) is 9.07. The first-order valence-corrected chi connectivity index (χ1v) is 13.3. The summed E-state index contributed by atoms with van der Waals surface area (Å²) < 4.78 is 27.8. The van der Waals surface area contributed by atoms with Gasteiger partial charge < -0.3 is 9.13 Å². The number of Topliss-reactive ketones (excluding diaryl/α,β-unsaturated/α-hetero) is 1. The van der Waals surface area contributed by atoms with Crippen molar-refractivity contribution in [1.29, 1.82) is 0 Å². The molecule has 3 aromatic rings. The molecular weight excluding hydrogens is 444 g/mol. The zero-order valence-corrected chi connectivity index (χ0v) is 19.8. The summed E-state index contributed by atoms with van der Waals surface area (Å²) in [5.74, 6) is 1.000. The van der Waals surface area contributed by atoms with Gasteiger partial charge in [-0.2, -0.15) is 0 Å². The zero-order valence-electron chi connectivity index (χ0n) is 18.2. The molecule has 1 aromatic carbocycles. The number of aromatic nitrogens is 4. The van der Waals surface area contributed by atoms with Gasteiger partial charge in [0.1, 0.15) is 5.82 Å². The molecular formula is C23H26N4O3S2. The normalized spacial score (nSPS) is 17.5. The standard InChI is InChI=1S/C23H26N4O3S2/c1-4-11-26-22(18-10-12-32(29,30)15-18)24-25-23(26)31-14-21(28)20-13-16(2)27(17(20)3)19-8-6-5-7-9-19/h4-9,13,18H,1,10-12,14-15H2,2-3H3/t18-/m1/s1. The third-order valence-corrected chi connectivity index (χ3v) is 8.47. The number of sulfone groups is 1. The second-order valence-electron chi connectivity index (χ2n) is 8.01. The maximum atomic E-state index is 13.1. The third kappa shape index (κ3) is 4.45. The molecule has 0 radical (unpaired) electrons. The highest BCUT2D eigenvalue weighted by atomic mass is 32.2. The Labute approximate surface area is 192 Å². The molecule has 1 aliphatic heterocycles. The minimum absolute atomic E-state index is 0.0171. The topological polar surface area (TPSA) is 86.8 Å². The van der Waals surface area contributed by atoms with Gasteiger partial charge in [-0.3, -0.25) is 4.79 Å². The number of carbonyl (C=O) groups excluding carboxylic acids is 1. The number of ketones is 1. The van der Waals surface area contributed by atoms with Crippen LogP contribution in [0.1, 0.15) is 39.9 Å². The quantitative estimate of drug-likeness (QED) is 0.283. The molecule has 168 valence electrons. The SMILES string of the molecule is C=CCn1c(SCC(=O)c2cc(C)n(-c3ccccc3)c2C)nnc1[C@@H]1CCS(=O)(=O)C1. The molecule has 4 rings (SSSR count). The monoisotopic (exact) mass is 470 g/mol. The van der Waals surface area contributed by atoms with Crippen LogP contribution in [0.5, 0.6) is 0 Å². The molecule has 32 heavy (non-hydrogen) atoms. The lowest BCUT2D eigenvalue weighted by Gasteiger charge is -2.11. The zero-order chi connectivity index (χ0) is 22.9. The first kappa shape index (κ1) is 22.5. The molecule has 0 aliphatic carbocycles. The second-order valence-corrected chi connectivity index (χ2v) is 11.2. The van der Waals surface area contributed by atoms with Crippen LogP contribution in [-0.4, -0.2) is 50.8 Å². The van der Waals surface area contributed by atoms with E-state index >= 15 is 0 Å². The van der Waals surface area contributed by atoms with Gasteiger partial charge in [0.25, 0.3) is 0 Å². The van der Waals surface area contributed by atoms with Gasteiger partial charge in [0.05, 0.1) is 17.3 Å². The Balaban J connectivity index is 1.53. The summed E-state index contributed by atoms with van der Waals surface area (Å²) in [6.07, 6.45) is 2.28. The molecule has 1 aliphatic rings. The molecule has 1 saturated heterocycles. The van der Waals surface area contributed by atoms with Crippen LogP contribution in [0, 0.1) is 13.8 Å². The first-order valence-electron chi connectivity index (χ1n) is 10.5. The molecule has 0 saturated carbocycles. The van der Waals surface area contributed by atoms with Crippen LogP contribution in [-0.2, 0) is 16.4 Å². The van der Waals surface area contributed by atoms with Crippen molar-refractivity contribution >= 4 is 27.4 Å². The maximum Gasteiger partial charge on any atom is 0.191 e. The number of rotatable bonds is 8. The molecule has 0 N–H and O–H groups in total. The Bertz CT molecular complexity index is 1260. The van der Waals surface area contributed by atoms with Crippen molar-refractivity contribution in [2.24, 2.45) is 0 Å². The largest absolute Gasteiger partial charge is 0.318 e. The summed E-state index contributed by atoms with van der Waals surface area (Å²) in [4.78, 5) is 13.1. The van der Waals surface area contributed by atoms with Crippen molar-refractivity contribution < 1.29 is 13.2 Å². The Morgan fingerprint density at radius 1 is 1.25 bits per heavy atom. The lowest BCUT2D eigenvalue weighted by molar-refractivity contribution is 0.102. The third-order valence-electron chi connectivity index (χ3n) is 5.73. The number of nitrogens with zero attached hydrogens (tertiary/aromatic N) is 4. The summed E-state index contributed by atoms with van der Waals surface area (Å²) in [5.41, 5.74) is 3.62. The lowest BCUT2D eigenvalue weighted by atomic mass is 10.1. The van der Waals surface area contributed by atoms with Crippen LogP contribution in [0.15, 0.2) is 54.2 Å². The number of benzene rings is 1. The van der Waals surface area contributed by atoms with E-state index in [9.17, 15) is 13.2 Å². The van der Waals surface area contributed by atoms with E-state index in [1.807, 2.05) is 54.8 Å². The first-order chi connectivity index (χ1) is 15.3. The van der Waals surface area contributed by atoms with E-state index in [1.165, 1.54) is 11.8 Å². The van der Waals surface area contributed by atoms with Crippen molar-refractivity contribution in [3.05, 3.63) is 71.8 Å². The molecule has 0 amide bonds. The Morgan fingerprint density at radius 3 is 2.66 bits per heavy atom. The highest BCUT2D eigenvalue weighted by Gasteiger charge is 2.33. The Hall–Kier alpha value is -2.65. The van der Waals surface area contributed by atoms with E-state index in [-0.39, 0.29) is 29.0 Å². The van der Waals surface area contributed by atoms with E-state index in [2.05, 4.69) is 21.3 Å². The maximum absolute atomic E-state index is 13.1. The van der Waals surface area contributed by atoms with Gasteiger partial charge in [-0.25, -0.2) is 8.42 Å². The minimum Gasteiger partial charge on any atom is -0.318 e. The molecule has 7 nitrogen and oxygen atoms in total. The number of aryl methyl sites for hydroxylation is 1. The summed E-state index contributed by atoms with van der Waals surface area (Å²) in [6, 6.07) is 11.9. The van der Waals surface area contributed by atoms with Crippen molar-refractivity contribution in [3.63, 3.8) is 0 Å².